The Balaban J connectivity index is 2.29. The van der Waals surface area contributed by atoms with Crippen LogP contribution in [0.2, 0.25) is 0 Å². The molecule has 1 aromatic rings. The predicted molar refractivity (Wildman–Crippen MR) is 80.3 cm³/mol. The van der Waals surface area contributed by atoms with Gasteiger partial charge in [0.25, 0.3) is 0 Å². The minimum absolute atomic E-state index is 0.255. The van der Waals surface area contributed by atoms with Crippen molar-refractivity contribution in [3.8, 4) is 0 Å². The van der Waals surface area contributed by atoms with Crippen molar-refractivity contribution in [3.05, 3.63) is 33.8 Å². The second-order valence-corrected chi connectivity index (χ2v) is 6.75. The van der Waals surface area contributed by atoms with Crippen molar-refractivity contribution in [3.63, 3.8) is 0 Å². The number of nitrogens with two attached hydrogens (primary N) is 1. The van der Waals surface area contributed by atoms with Crippen LogP contribution in [-0.2, 0) is 6.18 Å². The molecular formula is C15H20BrF3N2. The Hall–Kier alpha value is -0.590. The van der Waals surface area contributed by atoms with Gasteiger partial charge in [-0.1, -0.05) is 35.7 Å². The molecule has 2 rings (SSSR count). The van der Waals surface area contributed by atoms with E-state index >= 15 is 0 Å². The average molecular weight is 365 g/mol. The van der Waals surface area contributed by atoms with Crippen molar-refractivity contribution in [2.45, 2.75) is 44.8 Å². The topological polar surface area (TPSA) is 38.0 Å². The second-order valence-electron chi connectivity index (χ2n) is 5.90. The number of alkyl halides is 3. The van der Waals surface area contributed by atoms with E-state index in [0.29, 0.717) is 16.0 Å². The Morgan fingerprint density at radius 1 is 1.24 bits per heavy atom. The molecule has 3 N–H and O–H groups in total. The first-order chi connectivity index (χ1) is 9.82. The third kappa shape index (κ3) is 3.99. The van der Waals surface area contributed by atoms with Crippen LogP contribution in [0.1, 0.15) is 49.8 Å². The molecule has 0 radical (unpaired) electrons. The van der Waals surface area contributed by atoms with Gasteiger partial charge in [0.15, 0.2) is 0 Å². The molecule has 1 atom stereocenters. The largest absolute Gasteiger partial charge is 0.416 e. The summed E-state index contributed by atoms with van der Waals surface area (Å²) in [6.45, 7) is 2.21. The monoisotopic (exact) mass is 364 g/mol. The summed E-state index contributed by atoms with van der Waals surface area (Å²) in [4.78, 5) is 0. The number of hydrogen-bond acceptors (Lipinski definition) is 2. The fraction of sp³-hybridized carbons (Fsp3) is 0.600. The molecule has 1 aliphatic rings. The van der Waals surface area contributed by atoms with E-state index < -0.39 is 11.7 Å². The molecule has 0 spiro atoms. The quantitative estimate of drug-likeness (QED) is 0.597. The van der Waals surface area contributed by atoms with Crippen LogP contribution in [0.4, 0.5) is 13.2 Å². The zero-order chi connectivity index (χ0) is 15.6. The lowest BCUT2D eigenvalue weighted by atomic mass is 9.77. The summed E-state index contributed by atoms with van der Waals surface area (Å²) in [6, 6.07) is 3.49. The van der Waals surface area contributed by atoms with Crippen LogP contribution in [0.3, 0.4) is 0 Å². The Kier molecular flexibility index (Phi) is 5.33. The lowest BCUT2D eigenvalue weighted by Crippen LogP contribution is -2.35. The Morgan fingerprint density at radius 2 is 1.86 bits per heavy atom. The van der Waals surface area contributed by atoms with E-state index in [4.69, 9.17) is 5.84 Å². The summed E-state index contributed by atoms with van der Waals surface area (Å²) in [5, 5.41) is 0. The fourth-order valence-corrected chi connectivity index (χ4v) is 3.55. The molecule has 0 bridgehead atoms. The van der Waals surface area contributed by atoms with E-state index in [0.717, 1.165) is 31.7 Å². The molecule has 118 valence electrons. The summed E-state index contributed by atoms with van der Waals surface area (Å²) >= 11 is 3.35. The molecule has 0 heterocycles. The van der Waals surface area contributed by atoms with E-state index in [1.807, 2.05) is 0 Å². The van der Waals surface area contributed by atoms with Crippen LogP contribution in [-0.4, -0.2) is 0 Å². The number of benzene rings is 1. The van der Waals surface area contributed by atoms with E-state index in [-0.39, 0.29) is 12.0 Å². The van der Waals surface area contributed by atoms with Gasteiger partial charge in [0.1, 0.15) is 0 Å². The maximum atomic E-state index is 12.9. The molecule has 1 saturated carbocycles. The van der Waals surface area contributed by atoms with Crippen LogP contribution in [0.5, 0.6) is 0 Å². The molecule has 0 aliphatic heterocycles. The smallest absolute Gasteiger partial charge is 0.271 e. The number of hydrogen-bond donors (Lipinski definition) is 2. The number of halogens is 4. The first-order valence-corrected chi connectivity index (χ1v) is 7.95. The summed E-state index contributed by atoms with van der Waals surface area (Å²) in [6.07, 6.45) is -0.175. The highest BCUT2D eigenvalue weighted by Crippen LogP contribution is 2.40. The third-order valence-corrected chi connectivity index (χ3v) is 5.09. The SMILES string of the molecule is CC1CCC(C(NN)c2cc(C(F)(F)F)ccc2Br)CC1. The molecule has 1 aromatic carbocycles. The van der Waals surface area contributed by atoms with Crippen LogP contribution in [0, 0.1) is 11.8 Å². The van der Waals surface area contributed by atoms with Crippen molar-refractivity contribution < 1.29 is 13.2 Å². The summed E-state index contributed by atoms with van der Waals surface area (Å²) in [5.41, 5.74) is 2.68. The van der Waals surface area contributed by atoms with Crippen molar-refractivity contribution >= 4 is 15.9 Å². The van der Waals surface area contributed by atoms with Crippen LogP contribution in [0.15, 0.2) is 22.7 Å². The Morgan fingerprint density at radius 3 is 2.38 bits per heavy atom. The minimum atomic E-state index is -4.34. The van der Waals surface area contributed by atoms with Gasteiger partial charge < -0.3 is 0 Å². The molecule has 2 nitrogen and oxygen atoms in total. The zero-order valence-electron chi connectivity index (χ0n) is 11.9. The van der Waals surface area contributed by atoms with Gasteiger partial charge in [0, 0.05) is 10.5 Å². The highest BCUT2D eigenvalue weighted by molar-refractivity contribution is 9.10. The van der Waals surface area contributed by atoms with Gasteiger partial charge >= 0.3 is 6.18 Å². The van der Waals surface area contributed by atoms with Crippen molar-refractivity contribution in [2.75, 3.05) is 0 Å². The summed E-state index contributed by atoms with van der Waals surface area (Å²) in [7, 11) is 0. The number of hydrazine groups is 1. The molecule has 1 unspecified atom stereocenters. The normalized spacial score (nSPS) is 24.9. The molecule has 6 heteroatoms. The van der Waals surface area contributed by atoms with Crippen LogP contribution >= 0.6 is 15.9 Å². The summed E-state index contributed by atoms with van der Waals surface area (Å²) < 4.78 is 39.3. The van der Waals surface area contributed by atoms with Gasteiger partial charge in [0.2, 0.25) is 0 Å². The van der Waals surface area contributed by atoms with Gasteiger partial charge in [-0.25, -0.2) is 0 Å². The second kappa shape index (κ2) is 6.67. The van der Waals surface area contributed by atoms with E-state index in [9.17, 15) is 13.2 Å². The van der Waals surface area contributed by atoms with Gasteiger partial charge in [-0.05, 0) is 48.4 Å². The van der Waals surface area contributed by atoms with E-state index in [2.05, 4.69) is 28.3 Å². The highest BCUT2D eigenvalue weighted by atomic mass is 79.9. The standard InChI is InChI=1S/C15H20BrF3N2/c1-9-2-4-10(5-3-9)14(21-20)12-8-11(15(17,18)19)6-7-13(12)16/h6-10,14,21H,2-5,20H2,1H3. The molecule has 21 heavy (non-hydrogen) atoms. The van der Waals surface area contributed by atoms with E-state index in [1.165, 1.54) is 12.1 Å². The molecule has 0 aromatic heterocycles. The van der Waals surface area contributed by atoms with Gasteiger partial charge in [-0.3, -0.25) is 11.3 Å². The minimum Gasteiger partial charge on any atom is -0.271 e. The van der Waals surface area contributed by atoms with E-state index in [1.54, 1.807) is 0 Å². The van der Waals surface area contributed by atoms with Crippen molar-refractivity contribution in [1.29, 1.82) is 0 Å². The van der Waals surface area contributed by atoms with Crippen LogP contribution in [0.25, 0.3) is 0 Å². The van der Waals surface area contributed by atoms with Gasteiger partial charge in [-0.15, -0.1) is 0 Å². The summed E-state index contributed by atoms with van der Waals surface area (Å²) in [5.74, 6) is 6.60. The van der Waals surface area contributed by atoms with Crippen molar-refractivity contribution in [2.24, 2.45) is 17.7 Å². The number of rotatable bonds is 3. The number of nitrogens with one attached hydrogen (secondary N) is 1. The molecule has 1 aliphatic carbocycles. The lowest BCUT2D eigenvalue weighted by Gasteiger charge is -2.33. The highest BCUT2D eigenvalue weighted by Gasteiger charge is 2.33. The fourth-order valence-electron chi connectivity index (χ4n) is 3.06. The first-order valence-electron chi connectivity index (χ1n) is 7.15. The molecule has 0 saturated heterocycles. The Labute approximate surface area is 131 Å². The van der Waals surface area contributed by atoms with Gasteiger partial charge in [0.05, 0.1) is 5.56 Å². The lowest BCUT2D eigenvalue weighted by molar-refractivity contribution is -0.137. The maximum Gasteiger partial charge on any atom is 0.416 e. The third-order valence-electron chi connectivity index (χ3n) is 4.37. The molecular weight excluding hydrogens is 345 g/mol. The van der Waals surface area contributed by atoms with Crippen molar-refractivity contribution in [1.82, 2.24) is 5.43 Å². The maximum absolute atomic E-state index is 12.9. The zero-order valence-corrected chi connectivity index (χ0v) is 13.5. The molecule has 0 amide bonds. The van der Waals surface area contributed by atoms with Gasteiger partial charge in [-0.2, -0.15) is 13.2 Å². The average Bonchev–Trinajstić information content (AvgIpc) is 2.42. The van der Waals surface area contributed by atoms with Crippen LogP contribution < -0.4 is 11.3 Å². The predicted octanol–water partition coefficient (Wildman–Crippen LogP) is 4.80. The first kappa shape index (κ1) is 16.8. The Bertz CT molecular complexity index is 482. The molecule has 1 fully saturated rings.